The molecule has 0 heterocycles. The Labute approximate surface area is 158 Å². The SMILES string of the molecule is Cc1c[c-]c(N=Nc2ccc3ccccc3c2)cc1.[Ni].c1cc[cH-]c1. The zero-order valence-electron chi connectivity index (χ0n) is 13.9. The van der Waals surface area contributed by atoms with E-state index >= 15 is 0 Å². The zero-order chi connectivity index (χ0) is 16.6. The van der Waals surface area contributed by atoms with Gasteiger partial charge in [-0.3, -0.25) is 0 Å². The first-order chi connectivity index (χ1) is 11.8. The minimum absolute atomic E-state index is 0. The summed E-state index contributed by atoms with van der Waals surface area (Å²) < 4.78 is 0. The maximum atomic E-state index is 4.25. The molecule has 0 aliphatic rings. The Kier molecular flexibility index (Phi) is 7.19. The summed E-state index contributed by atoms with van der Waals surface area (Å²) in [4.78, 5) is 0. The van der Waals surface area contributed by atoms with Crippen LogP contribution in [0, 0.1) is 13.0 Å². The second-order valence-corrected chi connectivity index (χ2v) is 5.44. The molecular weight excluding hydrogens is 351 g/mol. The molecule has 0 aromatic heterocycles. The molecule has 3 heteroatoms. The summed E-state index contributed by atoms with van der Waals surface area (Å²) >= 11 is 0. The van der Waals surface area contributed by atoms with Crippen LogP contribution < -0.4 is 0 Å². The Morgan fingerprint density at radius 3 is 2.20 bits per heavy atom. The average Bonchev–Trinajstić information content (AvgIpc) is 3.21. The van der Waals surface area contributed by atoms with Crippen LogP contribution in [0.4, 0.5) is 11.4 Å². The molecule has 25 heavy (non-hydrogen) atoms. The number of rotatable bonds is 2. The van der Waals surface area contributed by atoms with Crippen LogP contribution in [-0.2, 0) is 16.5 Å². The Hall–Kier alpha value is -2.64. The van der Waals surface area contributed by atoms with E-state index in [0.717, 1.165) is 11.4 Å². The van der Waals surface area contributed by atoms with Crippen LogP contribution in [0.2, 0.25) is 0 Å². The first-order valence-electron chi connectivity index (χ1n) is 7.87. The second-order valence-electron chi connectivity index (χ2n) is 5.44. The van der Waals surface area contributed by atoms with E-state index in [2.05, 4.69) is 34.5 Å². The van der Waals surface area contributed by atoms with Crippen molar-refractivity contribution in [2.45, 2.75) is 6.92 Å². The fourth-order valence-corrected chi connectivity index (χ4v) is 2.23. The van der Waals surface area contributed by atoms with Gasteiger partial charge in [-0.15, -0.1) is 6.07 Å². The van der Waals surface area contributed by atoms with Gasteiger partial charge in [-0.05, 0) is 28.6 Å². The molecule has 4 rings (SSSR count). The molecule has 0 saturated heterocycles. The molecule has 0 atom stereocenters. The quantitative estimate of drug-likeness (QED) is 0.212. The number of azo groups is 1. The van der Waals surface area contributed by atoms with Gasteiger partial charge >= 0.3 is 0 Å². The molecule has 0 bridgehead atoms. The summed E-state index contributed by atoms with van der Waals surface area (Å²) in [5.41, 5.74) is 2.77. The van der Waals surface area contributed by atoms with E-state index in [1.54, 1.807) is 0 Å². The van der Waals surface area contributed by atoms with Crippen LogP contribution in [0.1, 0.15) is 5.56 Å². The average molecular weight is 369 g/mol. The Morgan fingerprint density at radius 2 is 1.56 bits per heavy atom. The van der Waals surface area contributed by atoms with Crippen molar-refractivity contribution in [3.8, 4) is 0 Å². The normalized spacial score (nSPS) is 10.1. The van der Waals surface area contributed by atoms with E-state index in [0.29, 0.717) is 0 Å². The maximum absolute atomic E-state index is 4.25. The van der Waals surface area contributed by atoms with Crippen LogP contribution in [0.15, 0.2) is 101 Å². The topological polar surface area (TPSA) is 24.7 Å². The fourth-order valence-electron chi connectivity index (χ4n) is 2.23. The minimum atomic E-state index is 0. The molecule has 0 N–H and O–H groups in total. The molecule has 0 amide bonds. The third-order valence-corrected chi connectivity index (χ3v) is 3.51. The summed E-state index contributed by atoms with van der Waals surface area (Å²) in [6, 6.07) is 33.2. The third-order valence-electron chi connectivity index (χ3n) is 3.51. The van der Waals surface area contributed by atoms with Gasteiger partial charge in [-0.2, -0.15) is 52.2 Å². The predicted octanol–water partition coefficient (Wildman–Crippen LogP) is 6.77. The summed E-state index contributed by atoms with van der Waals surface area (Å²) in [7, 11) is 0. The van der Waals surface area contributed by atoms with Crippen molar-refractivity contribution >= 4 is 22.1 Å². The Bertz CT molecular complexity index is 893. The Balaban J connectivity index is 0.000000325. The molecule has 0 unspecified atom stereocenters. The van der Waals surface area contributed by atoms with Crippen LogP contribution in [-0.4, -0.2) is 0 Å². The molecular formula is C22H18N2Ni-2. The van der Waals surface area contributed by atoms with Crippen molar-refractivity contribution in [3.63, 3.8) is 0 Å². The van der Waals surface area contributed by atoms with Crippen molar-refractivity contribution < 1.29 is 16.5 Å². The first-order valence-corrected chi connectivity index (χ1v) is 7.87. The summed E-state index contributed by atoms with van der Waals surface area (Å²) in [5.74, 6) is 0. The van der Waals surface area contributed by atoms with Crippen LogP contribution >= 0.6 is 0 Å². The van der Waals surface area contributed by atoms with Gasteiger partial charge in [0.05, 0.1) is 5.69 Å². The van der Waals surface area contributed by atoms with Gasteiger partial charge in [-0.1, -0.05) is 37.3 Å². The zero-order valence-corrected chi connectivity index (χ0v) is 14.9. The van der Waals surface area contributed by atoms with E-state index in [-0.39, 0.29) is 16.5 Å². The summed E-state index contributed by atoms with van der Waals surface area (Å²) in [5, 5.41) is 10.8. The monoisotopic (exact) mass is 368 g/mol. The third kappa shape index (κ3) is 5.74. The van der Waals surface area contributed by atoms with Gasteiger partial charge in [-0.25, -0.2) is 12.1 Å². The van der Waals surface area contributed by atoms with E-state index in [1.165, 1.54) is 16.3 Å². The predicted molar refractivity (Wildman–Crippen MR) is 100 cm³/mol. The van der Waals surface area contributed by atoms with Crippen LogP contribution in [0.25, 0.3) is 10.8 Å². The maximum Gasteiger partial charge on any atom is 0.0862 e. The van der Waals surface area contributed by atoms with E-state index in [4.69, 9.17) is 0 Å². The van der Waals surface area contributed by atoms with E-state index in [9.17, 15) is 0 Å². The largest absolute Gasteiger partial charge is 0.214 e. The van der Waals surface area contributed by atoms with Gasteiger partial charge in [0.2, 0.25) is 0 Å². The number of hydrogen-bond acceptors (Lipinski definition) is 2. The van der Waals surface area contributed by atoms with Gasteiger partial charge in [0.15, 0.2) is 0 Å². The molecule has 4 aromatic rings. The molecule has 128 valence electrons. The number of benzene rings is 3. The second kappa shape index (κ2) is 9.61. The minimum Gasteiger partial charge on any atom is -0.214 e. The van der Waals surface area contributed by atoms with Crippen molar-refractivity contribution in [2.24, 2.45) is 10.2 Å². The molecule has 0 spiro atoms. The van der Waals surface area contributed by atoms with Crippen LogP contribution in [0.5, 0.6) is 0 Å². The van der Waals surface area contributed by atoms with Gasteiger partial charge in [0, 0.05) is 16.5 Å². The molecule has 0 aliphatic heterocycles. The molecule has 2 nitrogen and oxygen atoms in total. The number of aryl methyl sites for hydroxylation is 1. The van der Waals surface area contributed by atoms with E-state index in [1.807, 2.05) is 79.7 Å². The van der Waals surface area contributed by atoms with E-state index < -0.39 is 0 Å². The standard InChI is InChI=1S/C17H13N2.C5H5.Ni/c1-13-6-9-16(10-7-13)18-19-17-11-8-14-4-2-3-5-15(14)12-17;1-2-4-5-3-1;/h2-9,11-12H,1H3;1-5H;/q2*-1;. The van der Waals surface area contributed by atoms with Crippen molar-refractivity contribution in [1.29, 1.82) is 0 Å². The van der Waals surface area contributed by atoms with Gasteiger partial charge in [0.25, 0.3) is 0 Å². The fraction of sp³-hybridized carbons (Fsp3) is 0.0455. The number of nitrogens with zero attached hydrogens (tertiary/aromatic N) is 2. The van der Waals surface area contributed by atoms with Crippen molar-refractivity contribution in [2.75, 3.05) is 0 Å². The molecule has 0 saturated carbocycles. The molecule has 0 aliphatic carbocycles. The smallest absolute Gasteiger partial charge is 0.0862 e. The summed E-state index contributed by atoms with van der Waals surface area (Å²) in [6.45, 7) is 2.03. The van der Waals surface area contributed by atoms with Gasteiger partial charge in [0.1, 0.15) is 0 Å². The molecule has 0 fully saturated rings. The number of fused-ring (bicyclic) bond motifs is 1. The summed E-state index contributed by atoms with van der Waals surface area (Å²) in [6.07, 6.45) is 0. The molecule has 0 radical (unpaired) electrons. The Morgan fingerprint density at radius 1 is 0.800 bits per heavy atom. The van der Waals surface area contributed by atoms with Crippen molar-refractivity contribution in [1.82, 2.24) is 0 Å². The molecule has 4 aromatic carbocycles. The number of hydrogen-bond donors (Lipinski definition) is 0. The van der Waals surface area contributed by atoms with Crippen LogP contribution in [0.3, 0.4) is 0 Å². The van der Waals surface area contributed by atoms with Crippen molar-refractivity contribution in [3.05, 3.63) is 103 Å². The van der Waals surface area contributed by atoms with Gasteiger partial charge < -0.3 is 0 Å². The first kappa shape index (κ1) is 18.7.